The molecule has 1 aliphatic rings. The van der Waals surface area contributed by atoms with Gasteiger partial charge in [0, 0.05) is 39.8 Å². The summed E-state index contributed by atoms with van der Waals surface area (Å²) in [5, 5.41) is 3.13. The molecule has 4 nitrogen and oxygen atoms in total. The van der Waals surface area contributed by atoms with E-state index >= 15 is 0 Å². The summed E-state index contributed by atoms with van der Waals surface area (Å²) in [5.41, 5.74) is 0.778. The molecule has 1 atom stereocenters. The van der Waals surface area contributed by atoms with Crippen molar-refractivity contribution in [2.24, 2.45) is 4.99 Å². The van der Waals surface area contributed by atoms with E-state index in [1.165, 1.54) is 24.0 Å². The lowest BCUT2D eigenvalue weighted by Crippen LogP contribution is -2.56. The molecule has 0 aliphatic carbocycles. The molecule has 0 bridgehead atoms. The summed E-state index contributed by atoms with van der Waals surface area (Å²) in [5.74, 6) is 0.303. The van der Waals surface area contributed by atoms with Crippen molar-refractivity contribution in [1.82, 2.24) is 15.1 Å². The molecule has 1 heterocycles. The van der Waals surface area contributed by atoms with E-state index in [1.807, 2.05) is 4.90 Å². The average Bonchev–Trinajstić information content (AvgIpc) is 2.54. The van der Waals surface area contributed by atoms with Crippen LogP contribution in [-0.2, 0) is 6.54 Å². The Morgan fingerprint density at radius 3 is 2.40 bits per heavy atom. The number of hydrogen-bond donors (Lipinski definition) is 1. The first-order chi connectivity index (χ1) is 11.3. The number of nitrogens with one attached hydrogen (secondary N) is 1. The molecule has 0 aromatic heterocycles. The van der Waals surface area contributed by atoms with Gasteiger partial charge in [0.05, 0.1) is 0 Å². The van der Waals surface area contributed by atoms with Gasteiger partial charge in [-0.05, 0) is 24.6 Å². The third-order valence-corrected chi connectivity index (χ3v) is 4.19. The van der Waals surface area contributed by atoms with Crippen molar-refractivity contribution >= 4 is 29.9 Å². The minimum atomic E-state index is -4.21. The molecule has 1 aromatic carbocycles. The molecule has 0 radical (unpaired) electrons. The van der Waals surface area contributed by atoms with Gasteiger partial charge in [-0.15, -0.1) is 24.0 Å². The van der Waals surface area contributed by atoms with Gasteiger partial charge in [0.1, 0.15) is 11.9 Å². The van der Waals surface area contributed by atoms with Crippen molar-refractivity contribution in [3.8, 4) is 0 Å². The van der Waals surface area contributed by atoms with Crippen molar-refractivity contribution in [2.75, 3.05) is 33.2 Å². The predicted molar refractivity (Wildman–Crippen MR) is 101 cm³/mol. The van der Waals surface area contributed by atoms with Crippen molar-refractivity contribution in [1.29, 1.82) is 0 Å². The topological polar surface area (TPSA) is 30.9 Å². The second-order valence-electron chi connectivity index (χ2n) is 5.77. The molecule has 2 rings (SSSR count). The number of halogens is 5. The largest absolute Gasteiger partial charge is 0.403 e. The molecular formula is C16H23F4IN4. The molecule has 1 fully saturated rings. The van der Waals surface area contributed by atoms with Crippen LogP contribution in [0.2, 0.25) is 0 Å². The Kier molecular flexibility index (Phi) is 8.39. The van der Waals surface area contributed by atoms with Gasteiger partial charge >= 0.3 is 6.18 Å². The van der Waals surface area contributed by atoms with E-state index < -0.39 is 12.2 Å². The van der Waals surface area contributed by atoms with Crippen molar-refractivity contribution in [2.45, 2.75) is 25.7 Å². The second-order valence-corrected chi connectivity index (χ2v) is 5.77. The first kappa shape index (κ1) is 21.9. The Bertz CT molecular complexity index is 571. The first-order valence-corrected chi connectivity index (χ1v) is 7.82. The maximum atomic E-state index is 13.2. The lowest BCUT2D eigenvalue weighted by atomic mass is 10.2. The fourth-order valence-corrected chi connectivity index (χ4v) is 2.69. The molecule has 25 heavy (non-hydrogen) atoms. The van der Waals surface area contributed by atoms with Crippen LogP contribution >= 0.6 is 24.0 Å². The summed E-state index contributed by atoms with van der Waals surface area (Å²) in [6.45, 7) is 3.16. The van der Waals surface area contributed by atoms with Gasteiger partial charge in [0.25, 0.3) is 0 Å². The molecular weight excluding hydrogens is 451 g/mol. The van der Waals surface area contributed by atoms with Crippen LogP contribution in [0.3, 0.4) is 0 Å². The van der Waals surface area contributed by atoms with Crippen molar-refractivity contribution < 1.29 is 17.6 Å². The zero-order valence-corrected chi connectivity index (χ0v) is 16.5. The Hall–Kier alpha value is -1.10. The maximum Gasteiger partial charge on any atom is 0.403 e. The SMILES string of the molecule is CN=C(NCc1cccc(F)c1)N1CCN(C(C)C(F)(F)F)CC1.I. The smallest absolute Gasteiger partial charge is 0.352 e. The van der Waals surface area contributed by atoms with Crippen LogP contribution in [0.4, 0.5) is 17.6 Å². The quantitative estimate of drug-likeness (QED) is 0.316. The first-order valence-electron chi connectivity index (χ1n) is 7.82. The van der Waals surface area contributed by atoms with Crippen LogP contribution in [0.5, 0.6) is 0 Å². The highest BCUT2D eigenvalue weighted by Crippen LogP contribution is 2.25. The Morgan fingerprint density at radius 2 is 1.88 bits per heavy atom. The molecule has 0 saturated carbocycles. The van der Waals surface area contributed by atoms with Crippen molar-refractivity contribution in [3.63, 3.8) is 0 Å². The molecule has 0 amide bonds. The predicted octanol–water partition coefficient (Wildman–Crippen LogP) is 3.09. The molecule has 9 heteroatoms. The number of nitrogens with zero attached hydrogens (tertiary/aromatic N) is 3. The standard InChI is InChI=1S/C16H22F4N4.HI/c1-12(16(18,19)20)23-6-8-24(9-7-23)15(21-2)22-11-13-4-3-5-14(17)10-13;/h3-5,10,12H,6-9,11H2,1-2H3,(H,21,22);1H. The van der Waals surface area contributed by atoms with Crippen LogP contribution in [0.1, 0.15) is 12.5 Å². The minimum absolute atomic E-state index is 0. The van der Waals surface area contributed by atoms with Crippen LogP contribution < -0.4 is 5.32 Å². The molecule has 1 aliphatic heterocycles. The van der Waals surface area contributed by atoms with E-state index in [0.717, 1.165) is 5.56 Å². The van der Waals surface area contributed by atoms with Gasteiger partial charge in [-0.3, -0.25) is 9.89 Å². The van der Waals surface area contributed by atoms with E-state index in [0.29, 0.717) is 38.7 Å². The summed E-state index contributed by atoms with van der Waals surface area (Å²) in [6, 6.07) is 4.79. The molecule has 1 aromatic rings. The molecule has 0 spiro atoms. The second kappa shape index (κ2) is 9.56. The Balaban J connectivity index is 0.00000312. The van der Waals surface area contributed by atoms with E-state index in [9.17, 15) is 17.6 Å². The maximum absolute atomic E-state index is 13.2. The fourth-order valence-electron chi connectivity index (χ4n) is 2.69. The monoisotopic (exact) mass is 474 g/mol. The van der Waals surface area contributed by atoms with Crippen LogP contribution in [0.25, 0.3) is 0 Å². The van der Waals surface area contributed by atoms with Crippen LogP contribution in [0, 0.1) is 5.82 Å². The van der Waals surface area contributed by atoms with E-state index in [4.69, 9.17) is 0 Å². The van der Waals surface area contributed by atoms with E-state index in [1.54, 1.807) is 19.2 Å². The number of hydrogen-bond acceptors (Lipinski definition) is 2. The van der Waals surface area contributed by atoms with Gasteiger partial charge in [0.15, 0.2) is 5.96 Å². The zero-order valence-electron chi connectivity index (χ0n) is 14.2. The Labute approximate surface area is 162 Å². The molecule has 1 N–H and O–H groups in total. The number of guanidine groups is 1. The minimum Gasteiger partial charge on any atom is -0.352 e. The summed E-state index contributed by atoms with van der Waals surface area (Å²) in [4.78, 5) is 7.51. The van der Waals surface area contributed by atoms with Crippen LogP contribution in [0.15, 0.2) is 29.3 Å². The number of piperazine rings is 1. The fraction of sp³-hybridized carbons (Fsp3) is 0.562. The average molecular weight is 474 g/mol. The lowest BCUT2D eigenvalue weighted by Gasteiger charge is -2.39. The van der Waals surface area contributed by atoms with Gasteiger partial charge in [-0.2, -0.15) is 13.2 Å². The van der Waals surface area contributed by atoms with Gasteiger partial charge < -0.3 is 10.2 Å². The molecule has 142 valence electrons. The van der Waals surface area contributed by atoms with Gasteiger partial charge in [-0.1, -0.05) is 12.1 Å². The number of rotatable bonds is 3. The third-order valence-electron chi connectivity index (χ3n) is 4.19. The van der Waals surface area contributed by atoms with Crippen LogP contribution in [-0.4, -0.2) is 61.2 Å². The Morgan fingerprint density at radius 1 is 1.24 bits per heavy atom. The van der Waals surface area contributed by atoms with Gasteiger partial charge in [-0.25, -0.2) is 4.39 Å². The number of benzene rings is 1. The third kappa shape index (κ3) is 6.28. The highest BCUT2D eigenvalue weighted by atomic mass is 127. The van der Waals surface area contributed by atoms with Gasteiger partial charge in [0.2, 0.25) is 0 Å². The lowest BCUT2D eigenvalue weighted by molar-refractivity contribution is -0.181. The summed E-state index contributed by atoms with van der Waals surface area (Å²) >= 11 is 0. The van der Waals surface area contributed by atoms with E-state index in [-0.39, 0.29) is 29.8 Å². The normalized spacial score (nSPS) is 17.8. The summed E-state index contributed by atoms with van der Waals surface area (Å²) in [6.07, 6.45) is -4.21. The summed E-state index contributed by atoms with van der Waals surface area (Å²) < 4.78 is 51.5. The molecule has 1 saturated heterocycles. The highest BCUT2D eigenvalue weighted by Gasteiger charge is 2.41. The van der Waals surface area contributed by atoms with E-state index in [2.05, 4.69) is 10.3 Å². The zero-order chi connectivity index (χ0) is 17.7. The summed E-state index contributed by atoms with van der Waals surface area (Å²) in [7, 11) is 1.62. The number of alkyl halides is 3. The number of aliphatic imine (C=N–C) groups is 1. The molecule has 1 unspecified atom stereocenters. The van der Waals surface area contributed by atoms with Crippen molar-refractivity contribution in [3.05, 3.63) is 35.6 Å². The highest BCUT2D eigenvalue weighted by molar-refractivity contribution is 14.0.